The molecule has 234 valence electrons. The first-order chi connectivity index (χ1) is 24.6. The molecule has 1 aliphatic heterocycles. The third-order valence-corrected chi connectivity index (χ3v) is 9.55. The molecule has 0 N–H and O–H groups in total. The molecular weight excluding hydrogens is 615 g/mol. The molecule has 0 radical (unpaired) electrons. The molecule has 0 unspecified atom stereocenters. The Hall–Kier alpha value is -7.03. The number of fused-ring (bicyclic) bond motifs is 4. The normalized spacial score (nSPS) is 12.4. The Morgan fingerprint density at radius 3 is 1.88 bits per heavy atom. The van der Waals surface area contributed by atoms with Gasteiger partial charge in [-0.05, 0) is 70.3 Å². The van der Waals surface area contributed by atoms with Crippen molar-refractivity contribution in [3.63, 3.8) is 0 Å². The number of carbonyl (C=O) groups is 2. The van der Waals surface area contributed by atoms with Gasteiger partial charge in [-0.2, -0.15) is 0 Å². The highest BCUT2D eigenvalue weighted by Gasteiger charge is 2.40. The fourth-order valence-electron chi connectivity index (χ4n) is 7.23. The van der Waals surface area contributed by atoms with Gasteiger partial charge in [0.1, 0.15) is 0 Å². The van der Waals surface area contributed by atoms with Crippen molar-refractivity contribution in [2.45, 2.75) is 0 Å². The Bertz CT molecular complexity index is 2700. The maximum absolute atomic E-state index is 14.8. The van der Waals surface area contributed by atoms with Gasteiger partial charge in [0.15, 0.2) is 5.69 Å². The molecule has 8 aromatic rings. The van der Waals surface area contributed by atoms with Gasteiger partial charge in [0.2, 0.25) is 0 Å². The summed E-state index contributed by atoms with van der Waals surface area (Å²) in [7, 11) is 0. The van der Waals surface area contributed by atoms with Crippen molar-refractivity contribution in [1.82, 2.24) is 4.57 Å². The van der Waals surface area contributed by atoms with Crippen LogP contribution in [0.15, 0.2) is 164 Å². The quantitative estimate of drug-likeness (QED) is 0.139. The summed E-state index contributed by atoms with van der Waals surface area (Å²) in [4.78, 5) is 34.1. The lowest BCUT2D eigenvalue weighted by Gasteiger charge is -2.20. The van der Waals surface area contributed by atoms with Crippen LogP contribution in [0.5, 0.6) is 0 Å². The van der Waals surface area contributed by atoms with E-state index in [1.807, 2.05) is 109 Å². The summed E-state index contributed by atoms with van der Waals surface area (Å²) >= 11 is 0. The number of amides is 2. The molecule has 50 heavy (non-hydrogen) atoms. The standard InChI is InChI=1S/C45H27N3O2/c1-46-34-17-10-16-31(26-34)33-22-24-36-35-18-8-9-20-39(35)47(42(36)28-33)41-21-11-19-37-43(41)45(50)48(44(37)49)40-25-23-32(29-12-4-2-5-13-29)27-38(40)30-14-6-3-7-15-30/h2-28H. The molecular formula is C45H27N3O2. The molecule has 5 nitrogen and oxygen atoms in total. The number of hydrogen-bond acceptors (Lipinski definition) is 2. The number of imide groups is 1. The summed E-state index contributed by atoms with van der Waals surface area (Å²) in [5.74, 6) is -0.717. The number of rotatable bonds is 5. The minimum atomic E-state index is -0.364. The van der Waals surface area contributed by atoms with Crippen molar-refractivity contribution >= 4 is 45.0 Å². The summed E-state index contributed by atoms with van der Waals surface area (Å²) in [6.45, 7) is 7.51. The second-order valence-corrected chi connectivity index (χ2v) is 12.4. The van der Waals surface area contributed by atoms with Crippen molar-refractivity contribution < 1.29 is 9.59 Å². The number of para-hydroxylation sites is 1. The van der Waals surface area contributed by atoms with Crippen LogP contribution in [-0.2, 0) is 0 Å². The van der Waals surface area contributed by atoms with Crippen LogP contribution < -0.4 is 4.90 Å². The van der Waals surface area contributed by atoms with Crippen LogP contribution in [-0.4, -0.2) is 16.4 Å². The lowest BCUT2D eigenvalue weighted by Crippen LogP contribution is -2.30. The zero-order valence-corrected chi connectivity index (χ0v) is 26.7. The van der Waals surface area contributed by atoms with Crippen molar-refractivity contribution in [3.8, 4) is 39.1 Å². The molecule has 2 heterocycles. The van der Waals surface area contributed by atoms with Gasteiger partial charge in [-0.1, -0.05) is 121 Å². The third-order valence-electron chi connectivity index (χ3n) is 9.55. The van der Waals surface area contributed by atoms with Crippen molar-refractivity contribution in [1.29, 1.82) is 0 Å². The molecule has 0 saturated heterocycles. The molecule has 0 saturated carbocycles. The molecule has 9 rings (SSSR count). The molecule has 0 aliphatic carbocycles. The first-order valence-electron chi connectivity index (χ1n) is 16.4. The Balaban J connectivity index is 1.24. The van der Waals surface area contributed by atoms with E-state index in [2.05, 4.69) is 51.9 Å². The van der Waals surface area contributed by atoms with Gasteiger partial charge in [0, 0.05) is 16.3 Å². The highest BCUT2D eigenvalue weighted by molar-refractivity contribution is 6.36. The molecule has 0 bridgehead atoms. The van der Waals surface area contributed by atoms with Gasteiger partial charge in [0.05, 0.1) is 40.1 Å². The summed E-state index contributed by atoms with van der Waals surface area (Å²) in [5, 5.41) is 2.07. The van der Waals surface area contributed by atoms with Crippen LogP contribution >= 0.6 is 0 Å². The maximum Gasteiger partial charge on any atom is 0.268 e. The number of carbonyl (C=O) groups excluding carboxylic acids is 2. The molecule has 0 fully saturated rings. The first kappa shape index (κ1) is 29.1. The van der Waals surface area contributed by atoms with Crippen LogP contribution in [0.3, 0.4) is 0 Å². The van der Waals surface area contributed by atoms with Gasteiger partial charge in [0.25, 0.3) is 11.8 Å². The number of nitrogens with zero attached hydrogens (tertiary/aromatic N) is 3. The highest BCUT2D eigenvalue weighted by atomic mass is 16.2. The Kier molecular flexibility index (Phi) is 6.75. The maximum atomic E-state index is 14.8. The van der Waals surface area contributed by atoms with E-state index in [-0.39, 0.29) is 11.8 Å². The summed E-state index contributed by atoms with van der Waals surface area (Å²) in [5.41, 5.74) is 9.95. The molecule has 1 aromatic heterocycles. The molecule has 2 amide bonds. The van der Waals surface area contributed by atoms with E-state index in [9.17, 15) is 9.59 Å². The fourth-order valence-corrected chi connectivity index (χ4v) is 7.23. The Morgan fingerprint density at radius 2 is 1.08 bits per heavy atom. The largest absolute Gasteiger partial charge is 0.308 e. The SMILES string of the molecule is [C-]#[N+]c1cccc(-c2ccc3c4ccccc4n(-c4cccc5c4C(=O)N(c4ccc(-c6ccccc6)cc4-c4ccccc4)C5=O)c3c2)c1. The summed E-state index contributed by atoms with van der Waals surface area (Å²) in [6.07, 6.45) is 0. The summed E-state index contributed by atoms with van der Waals surface area (Å²) < 4.78 is 2.09. The van der Waals surface area contributed by atoms with E-state index in [4.69, 9.17) is 6.57 Å². The van der Waals surface area contributed by atoms with Gasteiger partial charge in [-0.15, -0.1) is 0 Å². The molecule has 5 heteroatoms. The second-order valence-electron chi connectivity index (χ2n) is 12.4. The van der Waals surface area contributed by atoms with Crippen molar-refractivity contribution in [2.75, 3.05) is 4.90 Å². The molecule has 7 aromatic carbocycles. The number of benzene rings is 7. The average molecular weight is 642 g/mol. The average Bonchev–Trinajstić information content (AvgIpc) is 3.65. The van der Waals surface area contributed by atoms with E-state index >= 15 is 0 Å². The van der Waals surface area contributed by atoms with Crippen LogP contribution in [0.1, 0.15) is 20.7 Å². The van der Waals surface area contributed by atoms with Crippen molar-refractivity contribution in [3.05, 3.63) is 186 Å². The minimum Gasteiger partial charge on any atom is -0.308 e. The third kappa shape index (κ3) is 4.55. The van der Waals surface area contributed by atoms with Gasteiger partial charge in [-0.25, -0.2) is 9.74 Å². The predicted octanol–water partition coefficient (Wildman–Crippen LogP) is 11.1. The van der Waals surface area contributed by atoms with Gasteiger partial charge in [-0.3, -0.25) is 9.59 Å². The minimum absolute atomic E-state index is 0.353. The van der Waals surface area contributed by atoms with E-state index in [0.717, 1.165) is 55.2 Å². The van der Waals surface area contributed by atoms with Crippen LogP contribution in [0.2, 0.25) is 0 Å². The van der Waals surface area contributed by atoms with E-state index < -0.39 is 0 Å². The Labute approximate surface area is 288 Å². The van der Waals surface area contributed by atoms with E-state index in [0.29, 0.717) is 28.2 Å². The first-order valence-corrected chi connectivity index (χ1v) is 16.4. The smallest absolute Gasteiger partial charge is 0.268 e. The summed E-state index contributed by atoms with van der Waals surface area (Å²) in [6, 6.07) is 53.3. The lowest BCUT2D eigenvalue weighted by molar-refractivity contribution is 0.0926. The van der Waals surface area contributed by atoms with Crippen LogP contribution in [0, 0.1) is 6.57 Å². The molecule has 1 aliphatic rings. The van der Waals surface area contributed by atoms with E-state index in [1.54, 1.807) is 12.1 Å². The number of anilines is 1. The second kappa shape index (κ2) is 11.6. The van der Waals surface area contributed by atoms with Gasteiger partial charge >= 0.3 is 0 Å². The zero-order chi connectivity index (χ0) is 33.8. The topological polar surface area (TPSA) is 46.7 Å². The predicted molar refractivity (Wildman–Crippen MR) is 201 cm³/mol. The fraction of sp³-hybridized carbons (Fsp3) is 0. The highest BCUT2D eigenvalue weighted by Crippen LogP contribution is 2.42. The van der Waals surface area contributed by atoms with Crippen molar-refractivity contribution in [2.24, 2.45) is 0 Å². The zero-order valence-electron chi connectivity index (χ0n) is 26.7. The van der Waals surface area contributed by atoms with E-state index in [1.165, 1.54) is 4.90 Å². The van der Waals surface area contributed by atoms with Gasteiger partial charge < -0.3 is 4.57 Å². The molecule has 0 spiro atoms. The number of hydrogen-bond donors (Lipinski definition) is 0. The van der Waals surface area contributed by atoms with Crippen LogP contribution in [0.25, 0.3) is 65.7 Å². The lowest BCUT2D eigenvalue weighted by atomic mass is 9.97. The van der Waals surface area contributed by atoms with Crippen LogP contribution in [0.4, 0.5) is 11.4 Å². The Morgan fingerprint density at radius 1 is 0.440 bits per heavy atom. The number of aromatic nitrogens is 1. The molecule has 0 atom stereocenters. The monoisotopic (exact) mass is 641 g/mol.